The van der Waals surface area contributed by atoms with Crippen molar-refractivity contribution in [3.05, 3.63) is 0 Å². The first kappa shape index (κ1) is 11.7. The quantitative estimate of drug-likeness (QED) is 0.627. The Balaban J connectivity index is 2.89. The molecule has 0 aromatic carbocycles. The minimum atomic E-state index is 0.329. The molecule has 0 rings (SSSR count). The van der Waals surface area contributed by atoms with Crippen molar-refractivity contribution in [2.75, 3.05) is 30.1 Å². The number of aliphatic hydroxyl groups excluding tert-OH is 1. The largest absolute Gasteiger partial charge is 0.396 e. The van der Waals surface area contributed by atoms with Crippen molar-refractivity contribution in [2.45, 2.75) is 13.3 Å². The molecule has 0 heterocycles. The summed E-state index contributed by atoms with van der Waals surface area (Å²) in [5.41, 5.74) is 0. The Labute approximate surface area is 78.3 Å². The van der Waals surface area contributed by atoms with Crippen molar-refractivity contribution in [3.63, 3.8) is 0 Å². The first-order valence-corrected chi connectivity index (χ1v) is 6.53. The molecule has 0 spiro atoms. The maximum Gasteiger partial charge on any atom is 0.0464 e. The zero-order valence-electron chi connectivity index (χ0n) is 7.38. The van der Waals surface area contributed by atoms with Crippen molar-refractivity contribution < 1.29 is 5.11 Å². The van der Waals surface area contributed by atoms with Gasteiger partial charge in [0.25, 0.3) is 0 Å². The van der Waals surface area contributed by atoms with Gasteiger partial charge in [-0.3, -0.25) is 0 Å². The van der Waals surface area contributed by atoms with Gasteiger partial charge in [0.2, 0.25) is 0 Å². The van der Waals surface area contributed by atoms with Crippen LogP contribution in [-0.4, -0.2) is 35.2 Å². The molecule has 0 saturated heterocycles. The van der Waals surface area contributed by atoms with Crippen LogP contribution in [0.4, 0.5) is 0 Å². The van der Waals surface area contributed by atoms with Gasteiger partial charge in [0.15, 0.2) is 0 Å². The molecule has 0 aromatic rings. The van der Waals surface area contributed by atoms with Gasteiger partial charge in [-0.05, 0) is 35.9 Å². The average Bonchev–Trinajstić information content (AvgIpc) is 2.04. The highest BCUT2D eigenvalue weighted by Crippen LogP contribution is 2.10. The molecule has 0 fully saturated rings. The number of rotatable bonds is 7. The van der Waals surface area contributed by atoms with E-state index < -0.39 is 0 Å². The summed E-state index contributed by atoms with van der Waals surface area (Å²) in [4.78, 5) is 0. The predicted octanol–water partition coefficient (Wildman–Crippen LogP) is 2.10. The van der Waals surface area contributed by atoms with Crippen molar-refractivity contribution in [3.8, 4) is 0 Å². The molecule has 1 nitrogen and oxygen atoms in total. The molecule has 0 bridgehead atoms. The van der Waals surface area contributed by atoms with Crippen LogP contribution in [-0.2, 0) is 0 Å². The molecular weight excluding hydrogens is 176 g/mol. The fraction of sp³-hybridized carbons (Fsp3) is 1.00. The molecule has 1 atom stereocenters. The minimum Gasteiger partial charge on any atom is -0.396 e. The Kier molecular flexibility index (Phi) is 9.28. The van der Waals surface area contributed by atoms with E-state index in [0.29, 0.717) is 12.5 Å². The third-order valence-electron chi connectivity index (χ3n) is 1.35. The summed E-state index contributed by atoms with van der Waals surface area (Å²) in [6.07, 6.45) is 3.44. The van der Waals surface area contributed by atoms with Crippen molar-refractivity contribution >= 4 is 23.5 Å². The second-order valence-corrected chi connectivity index (χ2v) is 4.84. The van der Waals surface area contributed by atoms with E-state index in [1.165, 1.54) is 17.9 Å². The zero-order valence-corrected chi connectivity index (χ0v) is 9.01. The van der Waals surface area contributed by atoms with Crippen LogP contribution >= 0.6 is 23.5 Å². The lowest BCUT2D eigenvalue weighted by molar-refractivity contribution is 0.250. The third-order valence-corrected chi connectivity index (χ3v) is 3.43. The van der Waals surface area contributed by atoms with Gasteiger partial charge < -0.3 is 5.11 Å². The molecule has 0 amide bonds. The van der Waals surface area contributed by atoms with Crippen LogP contribution < -0.4 is 0 Å². The number of hydrogen-bond acceptors (Lipinski definition) is 3. The van der Waals surface area contributed by atoms with Crippen molar-refractivity contribution in [2.24, 2.45) is 5.92 Å². The summed E-state index contributed by atoms with van der Waals surface area (Å²) in [6.45, 7) is 2.41. The lowest BCUT2D eigenvalue weighted by Gasteiger charge is -2.05. The Bertz CT molecular complexity index is 78.5. The molecule has 0 radical (unpaired) electrons. The minimum absolute atomic E-state index is 0.329. The molecule has 1 unspecified atom stereocenters. The highest BCUT2D eigenvalue weighted by atomic mass is 32.2. The Morgan fingerprint density at radius 1 is 1.36 bits per heavy atom. The Morgan fingerprint density at radius 3 is 2.64 bits per heavy atom. The fourth-order valence-electron chi connectivity index (χ4n) is 0.643. The SMILES string of the molecule is CSCCCSCC(C)CO. The first-order valence-electron chi connectivity index (χ1n) is 3.98. The molecule has 11 heavy (non-hydrogen) atoms. The number of hydrogen-bond donors (Lipinski definition) is 1. The average molecular weight is 194 g/mol. The van der Waals surface area contributed by atoms with Crippen LogP contribution in [0.25, 0.3) is 0 Å². The molecule has 68 valence electrons. The zero-order chi connectivity index (χ0) is 8.53. The fourth-order valence-corrected chi connectivity index (χ4v) is 2.28. The standard InChI is InChI=1S/C8H18OS2/c1-8(6-9)7-11-5-3-4-10-2/h8-9H,3-7H2,1-2H3. The monoisotopic (exact) mass is 194 g/mol. The van der Waals surface area contributed by atoms with E-state index in [-0.39, 0.29) is 0 Å². The van der Waals surface area contributed by atoms with Gasteiger partial charge in [-0.25, -0.2) is 0 Å². The normalized spacial score (nSPS) is 13.4. The van der Waals surface area contributed by atoms with Crippen LogP contribution in [0.1, 0.15) is 13.3 Å². The van der Waals surface area contributed by atoms with Crippen LogP contribution in [0.3, 0.4) is 0 Å². The van der Waals surface area contributed by atoms with Crippen molar-refractivity contribution in [1.82, 2.24) is 0 Å². The summed E-state index contributed by atoms with van der Waals surface area (Å²) in [6, 6.07) is 0. The maximum absolute atomic E-state index is 8.72. The molecule has 3 heteroatoms. The molecule has 0 saturated carbocycles. The highest BCUT2D eigenvalue weighted by Gasteiger charge is 1.98. The summed E-state index contributed by atoms with van der Waals surface area (Å²) in [5, 5.41) is 8.72. The van der Waals surface area contributed by atoms with Crippen LogP contribution in [0.15, 0.2) is 0 Å². The summed E-state index contributed by atoms with van der Waals surface area (Å²) >= 11 is 3.86. The molecule has 1 N–H and O–H groups in total. The number of aliphatic hydroxyl groups is 1. The van der Waals surface area contributed by atoms with E-state index in [9.17, 15) is 0 Å². The van der Waals surface area contributed by atoms with E-state index in [2.05, 4.69) is 13.2 Å². The molecular formula is C8H18OS2. The van der Waals surface area contributed by atoms with Gasteiger partial charge in [-0.1, -0.05) is 6.92 Å². The topological polar surface area (TPSA) is 20.2 Å². The lowest BCUT2D eigenvalue weighted by atomic mass is 10.2. The van der Waals surface area contributed by atoms with E-state index in [1.54, 1.807) is 0 Å². The van der Waals surface area contributed by atoms with E-state index >= 15 is 0 Å². The summed E-state index contributed by atoms with van der Waals surface area (Å²) in [5.74, 6) is 4.07. The molecule has 0 aliphatic heterocycles. The summed E-state index contributed by atoms with van der Waals surface area (Å²) in [7, 11) is 0. The third kappa shape index (κ3) is 8.57. The van der Waals surface area contributed by atoms with E-state index in [4.69, 9.17) is 5.11 Å². The Morgan fingerprint density at radius 2 is 2.09 bits per heavy atom. The van der Waals surface area contributed by atoms with E-state index in [0.717, 1.165) is 5.75 Å². The Hall–Kier alpha value is 0.660. The van der Waals surface area contributed by atoms with Gasteiger partial charge in [-0.2, -0.15) is 23.5 Å². The summed E-state index contributed by atoms with van der Waals surface area (Å²) < 4.78 is 0. The second kappa shape index (κ2) is 8.75. The van der Waals surface area contributed by atoms with Crippen LogP contribution in [0, 0.1) is 5.92 Å². The number of thioether (sulfide) groups is 2. The van der Waals surface area contributed by atoms with Gasteiger partial charge in [0.05, 0.1) is 0 Å². The first-order chi connectivity index (χ1) is 5.31. The van der Waals surface area contributed by atoms with Gasteiger partial charge in [0.1, 0.15) is 0 Å². The second-order valence-electron chi connectivity index (χ2n) is 2.71. The molecule has 0 aliphatic rings. The molecule has 0 aliphatic carbocycles. The molecule has 0 aromatic heterocycles. The predicted molar refractivity (Wildman–Crippen MR) is 56.6 cm³/mol. The van der Waals surface area contributed by atoms with Gasteiger partial charge >= 0.3 is 0 Å². The van der Waals surface area contributed by atoms with Crippen LogP contribution in [0.2, 0.25) is 0 Å². The highest BCUT2D eigenvalue weighted by molar-refractivity contribution is 7.99. The smallest absolute Gasteiger partial charge is 0.0464 e. The maximum atomic E-state index is 8.72. The van der Waals surface area contributed by atoms with Crippen molar-refractivity contribution in [1.29, 1.82) is 0 Å². The van der Waals surface area contributed by atoms with Crippen LogP contribution in [0.5, 0.6) is 0 Å². The van der Waals surface area contributed by atoms with Gasteiger partial charge in [0, 0.05) is 6.61 Å². The van der Waals surface area contributed by atoms with E-state index in [1.807, 2.05) is 23.5 Å². The van der Waals surface area contributed by atoms with Gasteiger partial charge in [-0.15, -0.1) is 0 Å². The lowest BCUT2D eigenvalue weighted by Crippen LogP contribution is -2.03.